The van der Waals surface area contributed by atoms with Crippen LogP contribution in [0.15, 0.2) is 36.4 Å². The van der Waals surface area contributed by atoms with Crippen LogP contribution in [0.3, 0.4) is 0 Å². The molecule has 1 N–H and O–H groups in total. The van der Waals surface area contributed by atoms with Crippen molar-refractivity contribution in [2.75, 3.05) is 0 Å². The normalized spacial score (nSPS) is 12.6. The second kappa shape index (κ2) is 5.85. The molecule has 0 saturated carbocycles. The molecule has 16 heavy (non-hydrogen) atoms. The van der Waals surface area contributed by atoms with Crippen LogP contribution in [0.5, 0.6) is 0 Å². The van der Waals surface area contributed by atoms with Gasteiger partial charge in [-0.25, -0.2) is 0 Å². The minimum atomic E-state index is -1.06. The van der Waals surface area contributed by atoms with Gasteiger partial charge in [0, 0.05) is 0 Å². The number of allylic oxidation sites excluding steroid dienone is 1. The molecule has 0 aromatic heterocycles. The van der Waals surface area contributed by atoms with Gasteiger partial charge < -0.3 is 5.11 Å². The summed E-state index contributed by atoms with van der Waals surface area (Å²) in [4.78, 5) is 21.7. The van der Waals surface area contributed by atoms with Crippen LogP contribution in [-0.4, -0.2) is 16.9 Å². The number of Topliss-reactive ketones (excluding diaryl/α,β-unsaturated/α-hetero) is 1. The highest BCUT2D eigenvalue weighted by atomic mass is 16.4. The fourth-order valence-electron chi connectivity index (χ4n) is 1.35. The standard InChI is InChI=1S/C13H14O3/c1-10(14)12(13(15)16)9-5-8-11-6-3-2-4-7-11/h2-8,12H,9H2,1H3,(H,15,16)/b8-5+. The van der Waals surface area contributed by atoms with Gasteiger partial charge in [0.1, 0.15) is 11.7 Å². The number of carbonyl (C=O) groups is 2. The summed E-state index contributed by atoms with van der Waals surface area (Å²) in [5.74, 6) is -2.31. The predicted molar refractivity (Wildman–Crippen MR) is 61.9 cm³/mol. The van der Waals surface area contributed by atoms with Gasteiger partial charge in [-0.05, 0) is 18.9 Å². The highest BCUT2D eigenvalue weighted by molar-refractivity contribution is 5.97. The number of ketones is 1. The number of hydrogen-bond acceptors (Lipinski definition) is 2. The van der Waals surface area contributed by atoms with Crippen LogP contribution in [0, 0.1) is 5.92 Å². The van der Waals surface area contributed by atoms with E-state index in [-0.39, 0.29) is 12.2 Å². The first kappa shape index (κ1) is 12.2. The molecule has 3 heteroatoms. The molecule has 0 heterocycles. The molecular weight excluding hydrogens is 204 g/mol. The van der Waals surface area contributed by atoms with Crippen molar-refractivity contribution in [3.8, 4) is 0 Å². The van der Waals surface area contributed by atoms with Crippen molar-refractivity contribution in [1.82, 2.24) is 0 Å². The van der Waals surface area contributed by atoms with Gasteiger partial charge in [-0.2, -0.15) is 0 Å². The summed E-state index contributed by atoms with van der Waals surface area (Å²) >= 11 is 0. The van der Waals surface area contributed by atoms with Crippen LogP contribution in [0.25, 0.3) is 6.08 Å². The van der Waals surface area contributed by atoms with Crippen molar-refractivity contribution in [3.63, 3.8) is 0 Å². The Morgan fingerprint density at radius 2 is 1.94 bits per heavy atom. The first-order valence-corrected chi connectivity index (χ1v) is 5.06. The molecule has 3 nitrogen and oxygen atoms in total. The zero-order chi connectivity index (χ0) is 12.0. The van der Waals surface area contributed by atoms with E-state index >= 15 is 0 Å². The molecule has 0 radical (unpaired) electrons. The SMILES string of the molecule is CC(=O)C(C/C=C/c1ccccc1)C(=O)O. The summed E-state index contributed by atoms with van der Waals surface area (Å²) in [6, 6.07) is 9.55. The molecular formula is C13H14O3. The van der Waals surface area contributed by atoms with Gasteiger partial charge in [0.2, 0.25) is 0 Å². The number of carboxylic acid groups (broad SMARTS) is 1. The van der Waals surface area contributed by atoms with E-state index in [0.717, 1.165) is 5.56 Å². The fourth-order valence-corrected chi connectivity index (χ4v) is 1.35. The highest BCUT2D eigenvalue weighted by Crippen LogP contribution is 2.09. The van der Waals surface area contributed by atoms with E-state index in [1.165, 1.54) is 6.92 Å². The number of carbonyl (C=O) groups excluding carboxylic acids is 1. The summed E-state index contributed by atoms with van der Waals surface area (Å²) in [6.07, 6.45) is 3.77. The van der Waals surface area contributed by atoms with Crippen molar-refractivity contribution in [2.24, 2.45) is 5.92 Å². The van der Waals surface area contributed by atoms with Crippen molar-refractivity contribution >= 4 is 17.8 Å². The van der Waals surface area contributed by atoms with Gasteiger partial charge >= 0.3 is 5.97 Å². The molecule has 1 atom stereocenters. The monoisotopic (exact) mass is 218 g/mol. The first-order valence-electron chi connectivity index (χ1n) is 5.06. The molecule has 0 amide bonds. The number of benzene rings is 1. The van der Waals surface area contributed by atoms with E-state index in [0.29, 0.717) is 0 Å². The molecule has 0 aliphatic heterocycles. The van der Waals surface area contributed by atoms with Gasteiger partial charge in [-0.15, -0.1) is 0 Å². The Bertz CT molecular complexity index is 379. The highest BCUT2D eigenvalue weighted by Gasteiger charge is 2.20. The lowest BCUT2D eigenvalue weighted by Crippen LogP contribution is -2.20. The largest absolute Gasteiger partial charge is 0.481 e. The lowest BCUT2D eigenvalue weighted by Gasteiger charge is -2.04. The number of hydrogen-bond donors (Lipinski definition) is 1. The molecule has 0 fully saturated rings. The maximum Gasteiger partial charge on any atom is 0.314 e. The number of carboxylic acids is 1. The van der Waals surface area contributed by atoms with E-state index < -0.39 is 11.9 Å². The molecule has 1 aromatic rings. The Hall–Kier alpha value is -1.90. The number of rotatable bonds is 5. The second-order valence-electron chi connectivity index (χ2n) is 3.55. The Kier molecular flexibility index (Phi) is 4.45. The quantitative estimate of drug-likeness (QED) is 0.772. The van der Waals surface area contributed by atoms with Crippen LogP contribution < -0.4 is 0 Å². The molecule has 1 unspecified atom stereocenters. The maximum absolute atomic E-state index is 11.0. The topological polar surface area (TPSA) is 54.4 Å². The average Bonchev–Trinajstić information content (AvgIpc) is 2.24. The zero-order valence-electron chi connectivity index (χ0n) is 9.09. The van der Waals surface area contributed by atoms with Gasteiger partial charge in [0.25, 0.3) is 0 Å². The summed E-state index contributed by atoms with van der Waals surface area (Å²) < 4.78 is 0. The maximum atomic E-state index is 11.0. The molecule has 0 spiro atoms. The molecule has 0 aliphatic carbocycles. The van der Waals surface area contributed by atoms with Crippen LogP contribution in [0.1, 0.15) is 18.9 Å². The predicted octanol–water partition coefficient (Wildman–Crippen LogP) is 2.38. The van der Waals surface area contributed by atoms with Crippen molar-refractivity contribution in [2.45, 2.75) is 13.3 Å². The average molecular weight is 218 g/mol. The van der Waals surface area contributed by atoms with E-state index in [9.17, 15) is 9.59 Å². The van der Waals surface area contributed by atoms with Crippen LogP contribution >= 0.6 is 0 Å². The van der Waals surface area contributed by atoms with Crippen molar-refractivity contribution < 1.29 is 14.7 Å². The van der Waals surface area contributed by atoms with E-state index in [1.807, 2.05) is 36.4 Å². The van der Waals surface area contributed by atoms with E-state index in [4.69, 9.17) is 5.11 Å². The van der Waals surface area contributed by atoms with Crippen LogP contribution in [-0.2, 0) is 9.59 Å². The smallest absolute Gasteiger partial charge is 0.314 e. The van der Waals surface area contributed by atoms with Gasteiger partial charge in [-0.3, -0.25) is 9.59 Å². The third-order valence-corrected chi connectivity index (χ3v) is 2.27. The van der Waals surface area contributed by atoms with Crippen LogP contribution in [0.2, 0.25) is 0 Å². The molecule has 0 saturated heterocycles. The third-order valence-electron chi connectivity index (χ3n) is 2.27. The first-order chi connectivity index (χ1) is 7.61. The second-order valence-corrected chi connectivity index (χ2v) is 3.55. The van der Waals surface area contributed by atoms with Gasteiger partial charge in [0.15, 0.2) is 0 Å². The lowest BCUT2D eigenvalue weighted by atomic mass is 10.0. The summed E-state index contributed by atoms with van der Waals surface area (Å²) in [6.45, 7) is 1.30. The summed E-state index contributed by atoms with van der Waals surface area (Å²) in [7, 11) is 0. The molecule has 84 valence electrons. The Labute approximate surface area is 94.4 Å². The van der Waals surface area contributed by atoms with Gasteiger partial charge in [0.05, 0.1) is 0 Å². The fraction of sp³-hybridized carbons (Fsp3) is 0.231. The Morgan fingerprint density at radius 3 is 2.44 bits per heavy atom. The van der Waals surface area contributed by atoms with Crippen molar-refractivity contribution in [1.29, 1.82) is 0 Å². The molecule has 0 bridgehead atoms. The van der Waals surface area contributed by atoms with Crippen molar-refractivity contribution in [3.05, 3.63) is 42.0 Å². The summed E-state index contributed by atoms with van der Waals surface area (Å²) in [5, 5.41) is 8.79. The third kappa shape index (κ3) is 3.69. The minimum Gasteiger partial charge on any atom is -0.481 e. The summed E-state index contributed by atoms with van der Waals surface area (Å²) in [5.41, 5.74) is 0.996. The minimum absolute atomic E-state index is 0.236. The van der Waals surface area contributed by atoms with E-state index in [2.05, 4.69) is 0 Å². The molecule has 1 rings (SSSR count). The molecule has 0 aliphatic rings. The zero-order valence-corrected chi connectivity index (χ0v) is 9.09. The Morgan fingerprint density at radius 1 is 1.31 bits per heavy atom. The lowest BCUT2D eigenvalue weighted by molar-refractivity contribution is -0.145. The van der Waals surface area contributed by atoms with Gasteiger partial charge in [-0.1, -0.05) is 42.5 Å². The Balaban J connectivity index is 2.59. The van der Waals surface area contributed by atoms with E-state index in [1.54, 1.807) is 6.08 Å². The number of aliphatic carboxylic acids is 1. The van der Waals surface area contributed by atoms with Crippen LogP contribution in [0.4, 0.5) is 0 Å². The molecule has 1 aromatic carbocycles.